The van der Waals surface area contributed by atoms with Gasteiger partial charge in [-0.25, -0.2) is 0 Å². The van der Waals surface area contributed by atoms with Crippen LogP contribution in [0.4, 0.5) is 5.69 Å². The highest BCUT2D eigenvalue weighted by Crippen LogP contribution is 2.53. The number of fused-ring (bicyclic) bond motifs is 3. The summed E-state index contributed by atoms with van der Waals surface area (Å²) in [6.45, 7) is 0. The number of hydrogen-bond donors (Lipinski definition) is 6. The summed E-state index contributed by atoms with van der Waals surface area (Å²) in [6, 6.07) is 9.10. The van der Waals surface area contributed by atoms with E-state index in [1.165, 1.54) is 11.0 Å². The van der Waals surface area contributed by atoms with Crippen LogP contribution in [0, 0.1) is 17.8 Å². The highest BCUT2D eigenvalue weighted by atomic mass is 16.3. The second-order valence-corrected chi connectivity index (χ2v) is 11.8. The zero-order chi connectivity index (χ0) is 30.2. The van der Waals surface area contributed by atoms with Gasteiger partial charge in [-0.2, -0.15) is 0 Å². The maximum absolute atomic E-state index is 14.0. The first-order chi connectivity index (χ1) is 19.9. The molecule has 0 heterocycles. The van der Waals surface area contributed by atoms with E-state index in [1.54, 1.807) is 32.3 Å². The Bertz CT molecular complexity index is 1640. The van der Waals surface area contributed by atoms with Gasteiger partial charge >= 0.3 is 0 Å². The number of Topliss-reactive ketones (excluding diaryl/α,β-unsaturated/α-hetero) is 2. The normalized spacial score (nSPS) is 27.0. The molecule has 0 aliphatic heterocycles. The molecule has 0 saturated heterocycles. The van der Waals surface area contributed by atoms with Crippen molar-refractivity contribution in [3.8, 4) is 16.9 Å². The Morgan fingerprint density at radius 3 is 2.29 bits per heavy atom. The van der Waals surface area contributed by atoms with Crippen molar-refractivity contribution >= 4 is 34.8 Å². The lowest BCUT2D eigenvalue weighted by Gasteiger charge is -2.50. The molecule has 0 spiro atoms. The summed E-state index contributed by atoms with van der Waals surface area (Å²) in [5.74, 6) is -6.86. The topological polar surface area (TPSA) is 190 Å². The number of benzene rings is 2. The van der Waals surface area contributed by atoms with Gasteiger partial charge in [-0.15, -0.1) is 0 Å². The minimum atomic E-state index is -2.68. The van der Waals surface area contributed by atoms with Gasteiger partial charge in [0.1, 0.15) is 22.8 Å². The van der Waals surface area contributed by atoms with Gasteiger partial charge in [0.15, 0.2) is 11.4 Å². The smallest absolute Gasteiger partial charge is 0.255 e. The number of nitrogens with two attached hydrogens (primary N) is 1. The molecular formula is C31H31N3O8. The molecule has 0 radical (unpaired) electrons. The minimum absolute atomic E-state index is 0.00694. The number of phenols is 1. The van der Waals surface area contributed by atoms with Gasteiger partial charge in [0.25, 0.3) is 5.91 Å². The molecule has 4 aliphatic carbocycles. The van der Waals surface area contributed by atoms with Crippen molar-refractivity contribution in [2.75, 3.05) is 19.4 Å². The fourth-order valence-corrected chi connectivity index (χ4v) is 6.84. The Morgan fingerprint density at radius 1 is 1.02 bits per heavy atom. The summed E-state index contributed by atoms with van der Waals surface area (Å²) in [5.41, 5.74) is 4.30. The molecule has 4 aliphatic rings. The van der Waals surface area contributed by atoms with Crippen LogP contribution < -0.4 is 11.1 Å². The molecule has 11 heteroatoms. The Morgan fingerprint density at radius 2 is 1.69 bits per heavy atom. The van der Waals surface area contributed by atoms with E-state index in [9.17, 15) is 39.6 Å². The number of nitrogens with one attached hydrogen (secondary N) is 1. The Kier molecular flexibility index (Phi) is 6.28. The summed E-state index contributed by atoms with van der Waals surface area (Å²) in [7, 11) is 3.11. The maximum atomic E-state index is 14.0. The van der Waals surface area contributed by atoms with E-state index in [0.29, 0.717) is 16.8 Å². The number of hydrogen-bond acceptors (Lipinski definition) is 9. The van der Waals surface area contributed by atoms with Crippen LogP contribution in [0.5, 0.6) is 5.75 Å². The third-order valence-electron chi connectivity index (χ3n) is 9.02. The monoisotopic (exact) mass is 573 g/mol. The fraction of sp³-hybridized carbons (Fsp3) is 0.355. The van der Waals surface area contributed by atoms with Crippen LogP contribution in [-0.4, -0.2) is 74.4 Å². The lowest BCUT2D eigenvalue weighted by Crippen LogP contribution is -2.65. The number of carbonyl (C=O) groups is 4. The molecule has 11 nitrogen and oxygen atoms in total. The van der Waals surface area contributed by atoms with Gasteiger partial charge in [-0.1, -0.05) is 18.2 Å². The van der Waals surface area contributed by atoms with Crippen molar-refractivity contribution in [2.45, 2.75) is 37.3 Å². The van der Waals surface area contributed by atoms with Crippen LogP contribution in [0.3, 0.4) is 0 Å². The van der Waals surface area contributed by atoms with Crippen LogP contribution in [0.15, 0.2) is 53.3 Å². The number of aromatic hydroxyl groups is 1. The summed E-state index contributed by atoms with van der Waals surface area (Å²) in [4.78, 5) is 53.0. The average molecular weight is 574 g/mol. The van der Waals surface area contributed by atoms with Gasteiger partial charge in [0.2, 0.25) is 11.7 Å². The summed E-state index contributed by atoms with van der Waals surface area (Å²) in [6.07, 6.45) is 1.96. The number of anilines is 1. The molecule has 0 bridgehead atoms. The molecule has 7 N–H and O–H groups in total. The second kappa shape index (κ2) is 9.53. The van der Waals surface area contributed by atoms with E-state index in [1.807, 2.05) is 12.1 Å². The van der Waals surface area contributed by atoms with E-state index >= 15 is 0 Å². The van der Waals surface area contributed by atoms with Gasteiger partial charge < -0.3 is 31.5 Å². The van der Waals surface area contributed by atoms with Crippen molar-refractivity contribution in [2.24, 2.45) is 23.5 Å². The number of primary amides is 1. The minimum Gasteiger partial charge on any atom is -0.508 e. The standard InChI is InChI=1S/C31H31N3O8/c1-34(2)24-19-12-15-11-18-17(13-5-7-16(8-6-13)33-30(41)14-3-4-14)9-10-20(35)22(18)25(36)21(15)27(38)31(19,42)28(39)23(26(24)37)29(32)40/h5-10,14-15,19,24,35-36,39,42H,3-4,11-12H2,1-2H3,(H2,32,40)(H,33,41)/t15-,19-,24?,31-/m0/s1. The fourth-order valence-electron chi connectivity index (χ4n) is 6.84. The van der Waals surface area contributed by atoms with Crippen LogP contribution >= 0.6 is 0 Å². The molecular weight excluding hydrogens is 542 g/mol. The molecule has 2 fully saturated rings. The summed E-state index contributed by atoms with van der Waals surface area (Å²) in [5, 5.41) is 47.8. The maximum Gasteiger partial charge on any atom is 0.255 e. The zero-order valence-corrected chi connectivity index (χ0v) is 23.0. The average Bonchev–Trinajstić information content (AvgIpc) is 3.77. The van der Waals surface area contributed by atoms with Gasteiger partial charge in [-0.3, -0.25) is 24.1 Å². The van der Waals surface area contributed by atoms with Crippen molar-refractivity contribution in [3.63, 3.8) is 0 Å². The lowest BCUT2D eigenvalue weighted by molar-refractivity contribution is -0.153. The highest BCUT2D eigenvalue weighted by molar-refractivity contribution is 6.24. The first-order valence-corrected chi connectivity index (χ1v) is 13.8. The first-order valence-electron chi connectivity index (χ1n) is 13.8. The van der Waals surface area contributed by atoms with E-state index in [0.717, 1.165) is 18.4 Å². The van der Waals surface area contributed by atoms with Gasteiger partial charge in [-0.05, 0) is 80.6 Å². The molecule has 2 saturated carbocycles. The molecule has 0 aromatic heterocycles. The highest BCUT2D eigenvalue weighted by Gasteiger charge is 2.64. The molecule has 1 unspecified atom stereocenters. The van der Waals surface area contributed by atoms with Crippen LogP contribution in [-0.2, 0) is 25.6 Å². The van der Waals surface area contributed by atoms with Crippen LogP contribution in [0.2, 0.25) is 0 Å². The zero-order valence-electron chi connectivity index (χ0n) is 23.0. The summed E-state index contributed by atoms with van der Waals surface area (Å²) < 4.78 is 0. The number of phenolic OH excluding ortho intramolecular Hbond substituents is 1. The molecule has 2 aromatic rings. The van der Waals surface area contributed by atoms with E-state index in [2.05, 4.69) is 5.32 Å². The van der Waals surface area contributed by atoms with Gasteiger partial charge in [0, 0.05) is 23.1 Å². The van der Waals surface area contributed by atoms with Crippen LogP contribution in [0.1, 0.15) is 30.4 Å². The van der Waals surface area contributed by atoms with E-state index < -0.39 is 58.0 Å². The predicted octanol–water partition coefficient (Wildman–Crippen LogP) is 1.98. The van der Waals surface area contributed by atoms with Crippen LogP contribution in [0.25, 0.3) is 16.9 Å². The Hall–Kier alpha value is -4.48. The molecule has 2 aromatic carbocycles. The van der Waals surface area contributed by atoms with Crippen molar-refractivity contribution in [3.05, 3.63) is 64.4 Å². The SMILES string of the molecule is CN(C)C1C(=O)C(C(N)=O)=C(O)[C@@]2(O)C(=O)C3=C(O)c4c(O)ccc(-c5ccc(NC(=O)C6CC6)cc5)c4C[C@H]3C[C@@H]12. The van der Waals surface area contributed by atoms with Crippen molar-refractivity contribution in [1.29, 1.82) is 0 Å². The number of rotatable bonds is 5. The third-order valence-corrected chi connectivity index (χ3v) is 9.02. The number of ketones is 2. The number of carbonyl (C=O) groups excluding carboxylic acids is 4. The molecule has 4 atom stereocenters. The third kappa shape index (κ3) is 3.95. The first kappa shape index (κ1) is 27.7. The quantitative estimate of drug-likeness (QED) is 0.290. The lowest BCUT2D eigenvalue weighted by atomic mass is 9.57. The Labute approximate surface area is 240 Å². The number of aliphatic hydroxyl groups excluding tert-OH is 2. The number of nitrogens with zero attached hydrogens (tertiary/aromatic N) is 1. The predicted molar refractivity (Wildman–Crippen MR) is 151 cm³/mol. The molecule has 6 rings (SSSR count). The molecule has 2 amide bonds. The van der Waals surface area contributed by atoms with E-state index in [4.69, 9.17) is 5.73 Å². The Balaban J connectivity index is 1.45. The molecule has 42 heavy (non-hydrogen) atoms. The summed E-state index contributed by atoms with van der Waals surface area (Å²) >= 11 is 0. The van der Waals surface area contributed by atoms with Crippen molar-refractivity contribution in [1.82, 2.24) is 4.90 Å². The number of amides is 2. The molecule has 218 valence electrons. The number of aliphatic hydroxyl groups is 3. The second-order valence-electron chi connectivity index (χ2n) is 11.8. The number of likely N-dealkylation sites (N-methyl/N-ethyl adjacent to an activating group) is 1. The van der Waals surface area contributed by atoms with Gasteiger partial charge in [0.05, 0.1) is 11.6 Å². The largest absolute Gasteiger partial charge is 0.508 e. The van der Waals surface area contributed by atoms with Crippen molar-refractivity contribution < 1.29 is 39.6 Å². The van der Waals surface area contributed by atoms with E-state index in [-0.39, 0.29) is 41.6 Å².